The van der Waals surface area contributed by atoms with Gasteiger partial charge >= 0.3 is 0 Å². The van der Waals surface area contributed by atoms with Crippen molar-refractivity contribution >= 4 is 5.69 Å². The van der Waals surface area contributed by atoms with Crippen LogP contribution in [0.1, 0.15) is 18.5 Å². The first-order chi connectivity index (χ1) is 8.90. The molecule has 0 aliphatic carbocycles. The number of para-hydroxylation sites is 1. The van der Waals surface area contributed by atoms with Crippen LogP contribution >= 0.6 is 0 Å². The number of rotatable bonds is 6. The van der Waals surface area contributed by atoms with E-state index in [1.54, 1.807) is 0 Å². The third kappa shape index (κ3) is 3.60. The molecule has 0 spiro atoms. The van der Waals surface area contributed by atoms with Crippen molar-refractivity contribution in [3.05, 3.63) is 66.2 Å². The third-order valence-electron chi connectivity index (χ3n) is 2.81. The maximum Gasteiger partial charge on any atom is 0.0747 e. The van der Waals surface area contributed by atoms with Crippen LogP contribution in [0, 0.1) is 0 Å². The zero-order valence-electron chi connectivity index (χ0n) is 10.7. The van der Waals surface area contributed by atoms with Crippen molar-refractivity contribution in [1.29, 1.82) is 0 Å². The number of hydrogen-bond acceptors (Lipinski definition) is 2. The summed E-state index contributed by atoms with van der Waals surface area (Å²) in [6.45, 7) is 3.43. The fourth-order valence-corrected chi connectivity index (χ4v) is 1.88. The molecule has 2 nitrogen and oxygen atoms in total. The lowest BCUT2D eigenvalue weighted by Crippen LogP contribution is -2.17. The molecule has 2 aromatic rings. The quantitative estimate of drug-likeness (QED) is 0.828. The molecule has 1 atom stereocenters. The largest absolute Gasteiger partial charge is 0.379 e. The van der Waals surface area contributed by atoms with E-state index in [9.17, 15) is 0 Å². The molecule has 2 heteroatoms. The van der Waals surface area contributed by atoms with Crippen molar-refractivity contribution in [2.45, 2.75) is 13.0 Å². The van der Waals surface area contributed by atoms with Crippen LogP contribution in [0.2, 0.25) is 0 Å². The Balaban J connectivity index is 2.10. The van der Waals surface area contributed by atoms with Gasteiger partial charge in [0.2, 0.25) is 0 Å². The SMILES string of the molecule is CCOCC(Nc1ccccc1)c1ccccc1. The Morgan fingerprint density at radius 1 is 0.944 bits per heavy atom. The van der Waals surface area contributed by atoms with Crippen molar-refractivity contribution in [1.82, 2.24) is 0 Å². The maximum absolute atomic E-state index is 5.56. The second-order valence-electron chi connectivity index (χ2n) is 4.13. The smallest absolute Gasteiger partial charge is 0.0747 e. The van der Waals surface area contributed by atoms with Crippen LogP contribution in [0.5, 0.6) is 0 Å². The summed E-state index contributed by atoms with van der Waals surface area (Å²) < 4.78 is 5.56. The molecule has 1 N–H and O–H groups in total. The van der Waals surface area contributed by atoms with Crippen LogP contribution < -0.4 is 5.32 Å². The van der Waals surface area contributed by atoms with Crippen LogP contribution in [0.25, 0.3) is 0 Å². The maximum atomic E-state index is 5.56. The highest BCUT2D eigenvalue weighted by Crippen LogP contribution is 2.19. The molecule has 2 rings (SSSR count). The molecule has 0 saturated heterocycles. The molecule has 0 heterocycles. The average Bonchev–Trinajstić information content (AvgIpc) is 2.45. The van der Waals surface area contributed by atoms with E-state index in [1.165, 1.54) is 5.56 Å². The van der Waals surface area contributed by atoms with Crippen molar-refractivity contribution in [2.24, 2.45) is 0 Å². The molecule has 2 aromatic carbocycles. The van der Waals surface area contributed by atoms with Crippen LogP contribution in [-0.2, 0) is 4.74 Å². The number of hydrogen-bond donors (Lipinski definition) is 1. The summed E-state index contributed by atoms with van der Waals surface area (Å²) in [5.74, 6) is 0. The van der Waals surface area contributed by atoms with Gasteiger partial charge < -0.3 is 10.1 Å². The lowest BCUT2D eigenvalue weighted by molar-refractivity contribution is 0.138. The number of anilines is 1. The zero-order chi connectivity index (χ0) is 12.6. The van der Waals surface area contributed by atoms with E-state index in [2.05, 4.69) is 41.7 Å². The monoisotopic (exact) mass is 241 g/mol. The Kier molecular flexibility index (Phi) is 4.79. The first kappa shape index (κ1) is 12.7. The molecule has 0 aromatic heterocycles. The summed E-state index contributed by atoms with van der Waals surface area (Å²) in [6, 6.07) is 20.8. The summed E-state index contributed by atoms with van der Waals surface area (Å²) in [4.78, 5) is 0. The normalized spacial score (nSPS) is 12.1. The number of ether oxygens (including phenoxy) is 1. The summed E-state index contributed by atoms with van der Waals surface area (Å²) in [5.41, 5.74) is 2.36. The highest BCUT2D eigenvalue weighted by molar-refractivity contribution is 5.45. The predicted molar refractivity (Wildman–Crippen MR) is 75.7 cm³/mol. The minimum atomic E-state index is 0.188. The summed E-state index contributed by atoms with van der Waals surface area (Å²) >= 11 is 0. The zero-order valence-corrected chi connectivity index (χ0v) is 10.7. The highest BCUT2D eigenvalue weighted by Gasteiger charge is 2.10. The molecular weight excluding hydrogens is 222 g/mol. The predicted octanol–water partition coefficient (Wildman–Crippen LogP) is 3.88. The molecule has 1 unspecified atom stereocenters. The molecule has 0 radical (unpaired) electrons. The second kappa shape index (κ2) is 6.82. The van der Waals surface area contributed by atoms with E-state index in [0.717, 1.165) is 12.3 Å². The lowest BCUT2D eigenvalue weighted by Gasteiger charge is -2.20. The van der Waals surface area contributed by atoms with E-state index in [0.29, 0.717) is 6.61 Å². The average molecular weight is 241 g/mol. The summed E-state index contributed by atoms with van der Waals surface area (Å²) in [7, 11) is 0. The first-order valence-electron chi connectivity index (χ1n) is 6.34. The molecule has 0 fully saturated rings. The van der Waals surface area contributed by atoms with Crippen LogP contribution in [0.15, 0.2) is 60.7 Å². The molecule has 0 bridgehead atoms. The number of nitrogens with one attached hydrogen (secondary N) is 1. The van der Waals surface area contributed by atoms with Gasteiger partial charge in [0.15, 0.2) is 0 Å². The van der Waals surface area contributed by atoms with Gasteiger partial charge in [0.25, 0.3) is 0 Å². The van der Waals surface area contributed by atoms with Gasteiger partial charge in [0, 0.05) is 12.3 Å². The Hall–Kier alpha value is -1.80. The van der Waals surface area contributed by atoms with E-state index in [1.807, 2.05) is 31.2 Å². The standard InChI is InChI=1S/C16H19NO/c1-2-18-13-16(14-9-5-3-6-10-14)17-15-11-7-4-8-12-15/h3-12,16-17H,2,13H2,1H3. The van der Waals surface area contributed by atoms with Crippen LogP contribution in [0.3, 0.4) is 0 Å². The van der Waals surface area contributed by atoms with E-state index in [4.69, 9.17) is 4.74 Å². The fraction of sp³-hybridized carbons (Fsp3) is 0.250. The molecule has 0 amide bonds. The fourth-order valence-electron chi connectivity index (χ4n) is 1.88. The second-order valence-corrected chi connectivity index (χ2v) is 4.13. The van der Waals surface area contributed by atoms with E-state index in [-0.39, 0.29) is 6.04 Å². The minimum absolute atomic E-state index is 0.188. The van der Waals surface area contributed by atoms with Crippen molar-refractivity contribution in [3.63, 3.8) is 0 Å². The van der Waals surface area contributed by atoms with Gasteiger partial charge in [-0.15, -0.1) is 0 Å². The van der Waals surface area contributed by atoms with Crippen LogP contribution in [0.4, 0.5) is 5.69 Å². The van der Waals surface area contributed by atoms with Gasteiger partial charge in [-0.1, -0.05) is 48.5 Å². The molecule has 0 aliphatic heterocycles. The van der Waals surface area contributed by atoms with Gasteiger partial charge in [-0.25, -0.2) is 0 Å². The van der Waals surface area contributed by atoms with Gasteiger partial charge in [-0.3, -0.25) is 0 Å². The van der Waals surface area contributed by atoms with Crippen LogP contribution in [-0.4, -0.2) is 13.2 Å². The summed E-state index contributed by atoms with van der Waals surface area (Å²) in [6.07, 6.45) is 0. The molecule has 0 saturated carbocycles. The van der Waals surface area contributed by atoms with Gasteiger partial charge in [0.1, 0.15) is 0 Å². The van der Waals surface area contributed by atoms with Crippen molar-refractivity contribution in [3.8, 4) is 0 Å². The Bertz CT molecular complexity index is 441. The highest BCUT2D eigenvalue weighted by atomic mass is 16.5. The molecule has 0 aliphatic rings. The summed E-state index contributed by atoms with van der Waals surface area (Å²) in [5, 5.41) is 3.51. The number of benzene rings is 2. The van der Waals surface area contributed by atoms with E-state index < -0.39 is 0 Å². The molecular formula is C16H19NO. The Morgan fingerprint density at radius 3 is 2.17 bits per heavy atom. The lowest BCUT2D eigenvalue weighted by atomic mass is 10.1. The van der Waals surface area contributed by atoms with E-state index >= 15 is 0 Å². The Labute approximate surface area is 109 Å². The minimum Gasteiger partial charge on any atom is -0.379 e. The molecule has 18 heavy (non-hydrogen) atoms. The van der Waals surface area contributed by atoms with Crippen molar-refractivity contribution in [2.75, 3.05) is 18.5 Å². The Morgan fingerprint density at radius 2 is 1.56 bits per heavy atom. The van der Waals surface area contributed by atoms with Gasteiger partial charge in [-0.05, 0) is 24.6 Å². The van der Waals surface area contributed by atoms with Gasteiger partial charge in [-0.2, -0.15) is 0 Å². The van der Waals surface area contributed by atoms with Crippen molar-refractivity contribution < 1.29 is 4.74 Å². The third-order valence-corrected chi connectivity index (χ3v) is 2.81. The molecule has 94 valence electrons. The van der Waals surface area contributed by atoms with Gasteiger partial charge in [0.05, 0.1) is 12.6 Å². The topological polar surface area (TPSA) is 21.3 Å². The first-order valence-corrected chi connectivity index (χ1v) is 6.34.